The van der Waals surface area contributed by atoms with E-state index in [4.69, 9.17) is 4.74 Å². The third-order valence-corrected chi connectivity index (χ3v) is 5.48. The first-order valence-electron chi connectivity index (χ1n) is 9.15. The average Bonchev–Trinajstić information content (AvgIpc) is 3.12. The van der Waals surface area contributed by atoms with Crippen LogP contribution in [0.5, 0.6) is 5.75 Å². The van der Waals surface area contributed by atoms with Gasteiger partial charge in [0.05, 0.1) is 12.1 Å². The molecule has 130 valence electrons. The van der Waals surface area contributed by atoms with Gasteiger partial charge in [0, 0.05) is 11.6 Å². The van der Waals surface area contributed by atoms with Gasteiger partial charge in [-0.25, -0.2) is 4.39 Å². The van der Waals surface area contributed by atoms with E-state index in [0.29, 0.717) is 11.8 Å². The maximum atomic E-state index is 13.3. The van der Waals surface area contributed by atoms with Gasteiger partial charge in [-0.1, -0.05) is 31.2 Å². The first-order chi connectivity index (χ1) is 12.2. The van der Waals surface area contributed by atoms with Gasteiger partial charge in [0.2, 0.25) is 0 Å². The van der Waals surface area contributed by atoms with Crippen LogP contribution in [0.4, 0.5) is 10.1 Å². The van der Waals surface area contributed by atoms with Crippen molar-refractivity contribution in [1.29, 1.82) is 0 Å². The molecule has 4 rings (SSSR count). The van der Waals surface area contributed by atoms with Gasteiger partial charge in [-0.05, 0) is 67.1 Å². The van der Waals surface area contributed by atoms with Crippen LogP contribution >= 0.6 is 0 Å². The number of nitrogens with one attached hydrogen (secondary N) is 1. The van der Waals surface area contributed by atoms with E-state index in [1.54, 1.807) is 12.1 Å². The lowest BCUT2D eigenvalue weighted by molar-refractivity contribution is 0.217. The first-order valence-corrected chi connectivity index (χ1v) is 9.15. The lowest BCUT2D eigenvalue weighted by Gasteiger charge is -2.37. The van der Waals surface area contributed by atoms with E-state index in [1.807, 2.05) is 18.2 Å². The quantitative estimate of drug-likeness (QED) is 0.709. The molecule has 2 aromatic rings. The van der Waals surface area contributed by atoms with Crippen LogP contribution in [0.2, 0.25) is 0 Å². The zero-order valence-electron chi connectivity index (χ0n) is 14.7. The molecule has 25 heavy (non-hydrogen) atoms. The Balaban J connectivity index is 1.67. The predicted octanol–water partition coefficient (Wildman–Crippen LogP) is 5.83. The van der Waals surface area contributed by atoms with Gasteiger partial charge in [0.25, 0.3) is 0 Å². The van der Waals surface area contributed by atoms with Crippen molar-refractivity contribution in [2.24, 2.45) is 5.92 Å². The van der Waals surface area contributed by atoms with Crippen molar-refractivity contribution in [3.63, 3.8) is 0 Å². The Kier molecular flexibility index (Phi) is 4.24. The zero-order chi connectivity index (χ0) is 17.4. The molecule has 1 aliphatic heterocycles. The first kappa shape index (κ1) is 16.2. The van der Waals surface area contributed by atoms with Crippen molar-refractivity contribution < 1.29 is 9.13 Å². The highest BCUT2D eigenvalue weighted by atomic mass is 19.1. The maximum absolute atomic E-state index is 13.3. The fraction of sp³-hybridized carbons (Fsp3) is 0.364. The number of hydrogen-bond donors (Lipinski definition) is 1. The molecule has 4 atom stereocenters. The van der Waals surface area contributed by atoms with Crippen molar-refractivity contribution >= 4 is 5.69 Å². The van der Waals surface area contributed by atoms with Crippen molar-refractivity contribution in [3.8, 4) is 5.75 Å². The summed E-state index contributed by atoms with van der Waals surface area (Å²) in [7, 11) is 0. The molecule has 0 saturated heterocycles. The summed E-state index contributed by atoms with van der Waals surface area (Å²) in [6.07, 6.45) is 6.83. The fourth-order valence-corrected chi connectivity index (χ4v) is 3.96. The smallest absolute Gasteiger partial charge is 0.123 e. The highest BCUT2D eigenvalue weighted by Crippen LogP contribution is 2.50. The number of anilines is 1. The van der Waals surface area contributed by atoms with E-state index in [1.165, 1.54) is 5.56 Å². The Morgan fingerprint density at radius 3 is 2.76 bits per heavy atom. The topological polar surface area (TPSA) is 21.3 Å². The molecular formula is C22H24FNO. The molecule has 2 aliphatic rings. The van der Waals surface area contributed by atoms with Crippen LogP contribution in [0, 0.1) is 11.7 Å². The van der Waals surface area contributed by atoms with Crippen molar-refractivity contribution in [2.75, 3.05) is 5.32 Å². The van der Waals surface area contributed by atoms with Crippen LogP contribution in [-0.2, 0) is 0 Å². The molecule has 4 unspecified atom stereocenters. The number of benzene rings is 2. The predicted molar refractivity (Wildman–Crippen MR) is 99.6 cm³/mol. The standard InChI is InChI=1S/C22H24FNO/c1-3-14(2)25-17-11-12-21-20(13-17)18-5-4-6-19(18)22(24-21)15-7-9-16(23)10-8-15/h4-5,7-14,18-19,22,24H,3,6H2,1-2H3. The molecule has 0 amide bonds. The fourth-order valence-electron chi connectivity index (χ4n) is 3.96. The second-order valence-corrected chi connectivity index (χ2v) is 7.11. The zero-order valence-corrected chi connectivity index (χ0v) is 14.7. The lowest BCUT2D eigenvalue weighted by atomic mass is 9.77. The normalized spacial score (nSPS) is 25.0. The highest BCUT2D eigenvalue weighted by Gasteiger charge is 2.38. The summed E-state index contributed by atoms with van der Waals surface area (Å²) in [5.74, 6) is 1.59. The third kappa shape index (κ3) is 3.04. The van der Waals surface area contributed by atoms with Gasteiger partial charge in [-0.15, -0.1) is 0 Å². The average molecular weight is 337 g/mol. The van der Waals surface area contributed by atoms with Gasteiger partial charge >= 0.3 is 0 Å². The number of hydrogen-bond acceptors (Lipinski definition) is 2. The number of halogens is 1. The van der Waals surface area contributed by atoms with Crippen molar-refractivity contribution in [2.45, 2.75) is 44.8 Å². The third-order valence-electron chi connectivity index (χ3n) is 5.48. The molecule has 1 N–H and O–H groups in total. The van der Waals surface area contributed by atoms with E-state index < -0.39 is 0 Å². The summed E-state index contributed by atoms with van der Waals surface area (Å²) in [5, 5.41) is 3.68. The summed E-state index contributed by atoms with van der Waals surface area (Å²) >= 11 is 0. The number of allylic oxidation sites excluding steroid dienone is 2. The summed E-state index contributed by atoms with van der Waals surface area (Å²) in [6.45, 7) is 4.23. The Morgan fingerprint density at radius 1 is 1.20 bits per heavy atom. The molecule has 1 heterocycles. The minimum Gasteiger partial charge on any atom is -0.491 e. The molecule has 2 nitrogen and oxygen atoms in total. The second-order valence-electron chi connectivity index (χ2n) is 7.11. The highest BCUT2D eigenvalue weighted by molar-refractivity contribution is 5.61. The molecule has 0 radical (unpaired) electrons. The van der Waals surface area contributed by atoms with Crippen molar-refractivity contribution in [3.05, 3.63) is 71.6 Å². The van der Waals surface area contributed by atoms with E-state index >= 15 is 0 Å². The molecule has 2 aromatic carbocycles. The Morgan fingerprint density at radius 2 is 2.00 bits per heavy atom. The molecule has 0 bridgehead atoms. The summed E-state index contributed by atoms with van der Waals surface area (Å²) < 4.78 is 19.3. The summed E-state index contributed by atoms with van der Waals surface area (Å²) in [5.41, 5.74) is 3.60. The molecular weight excluding hydrogens is 313 g/mol. The van der Waals surface area contributed by atoms with Gasteiger partial charge in [-0.2, -0.15) is 0 Å². The molecule has 0 saturated carbocycles. The van der Waals surface area contributed by atoms with Crippen LogP contribution < -0.4 is 10.1 Å². The second kappa shape index (κ2) is 6.55. The summed E-state index contributed by atoms with van der Waals surface area (Å²) in [4.78, 5) is 0. The SMILES string of the molecule is CCC(C)Oc1ccc2c(c1)C1C=CCC1C(c1ccc(F)cc1)N2. The number of rotatable bonds is 4. The maximum Gasteiger partial charge on any atom is 0.123 e. The molecule has 0 aromatic heterocycles. The summed E-state index contributed by atoms with van der Waals surface area (Å²) in [6, 6.07) is 13.4. The number of ether oxygens (including phenoxy) is 1. The van der Waals surface area contributed by atoms with Gasteiger partial charge in [0.15, 0.2) is 0 Å². The Bertz CT molecular complexity index is 783. The van der Waals surface area contributed by atoms with Gasteiger partial charge < -0.3 is 10.1 Å². The largest absolute Gasteiger partial charge is 0.491 e. The van der Waals surface area contributed by atoms with Crippen molar-refractivity contribution in [1.82, 2.24) is 0 Å². The van der Waals surface area contributed by atoms with Crippen LogP contribution in [-0.4, -0.2) is 6.10 Å². The van der Waals surface area contributed by atoms with E-state index in [2.05, 4.69) is 43.4 Å². The van der Waals surface area contributed by atoms with E-state index in [-0.39, 0.29) is 18.0 Å². The van der Waals surface area contributed by atoms with Crippen LogP contribution in [0.3, 0.4) is 0 Å². The minimum atomic E-state index is -0.187. The van der Waals surface area contributed by atoms with Crippen LogP contribution in [0.1, 0.15) is 49.8 Å². The monoisotopic (exact) mass is 337 g/mol. The van der Waals surface area contributed by atoms with Gasteiger partial charge in [0.1, 0.15) is 11.6 Å². The van der Waals surface area contributed by atoms with Gasteiger partial charge in [-0.3, -0.25) is 0 Å². The van der Waals surface area contributed by atoms with E-state index in [0.717, 1.165) is 29.8 Å². The molecule has 0 fully saturated rings. The Labute approximate surface area is 148 Å². The minimum absolute atomic E-state index is 0.187. The van der Waals surface area contributed by atoms with Crippen LogP contribution in [0.25, 0.3) is 0 Å². The Hall–Kier alpha value is -2.29. The molecule has 1 aliphatic carbocycles. The van der Waals surface area contributed by atoms with E-state index in [9.17, 15) is 4.39 Å². The lowest BCUT2D eigenvalue weighted by Crippen LogP contribution is -2.29. The molecule has 3 heteroatoms. The number of fused-ring (bicyclic) bond motifs is 3. The molecule has 0 spiro atoms. The van der Waals surface area contributed by atoms with Crippen LogP contribution in [0.15, 0.2) is 54.6 Å².